The molecule has 1 atom stereocenters. The van der Waals surface area contributed by atoms with Crippen LogP contribution < -0.4 is 5.32 Å². The quantitative estimate of drug-likeness (QED) is 0.646. The fourth-order valence-corrected chi connectivity index (χ4v) is 1.73. The maximum atomic E-state index is 5.69. The van der Waals surface area contributed by atoms with E-state index in [1.165, 1.54) is 0 Å². The zero-order valence-corrected chi connectivity index (χ0v) is 10.6. The van der Waals surface area contributed by atoms with Crippen LogP contribution in [-0.4, -0.2) is 32.4 Å². The molecule has 0 aromatic carbocycles. The van der Waals surface area contributed by atoms with Crippen molar-refractivity contribution >= 4 is 0 Å². The van der Waals surface area contributed by atoms with Gasteiger partial charge < -0.3 is 14.8 Å². The number of ether oxygens (including phenoxy) is 2. The molecule has 16 heavy (non-hydrogen) atoms. The lowest BCUT2D eigenvalue weighted by atomic mass is 10.1. The molecule has 0 spiro atoms. The van der Waals surface area contributed by atoms with E-state index >= 15 is 0 Å². The average Bonchev–Trinajstić information content (AvgIpc) is 2.35. The van der Waals surface area contributed by atoms with Gasteiger partial charge in [0.2, 0.25) is 0 Å². The minimum atomic E-state index is 0.242. The van der Waals surface area contributed by atoms with E-state index in [4.69, 9.17) is 9.47 Å². The van der Waals surface area contributed by atoms with Gasteiger partial charge in [-0.2, -0.15) is 0 Å². The van der Waals surface area contributed by atoms with Gasteiger partial charge in [-0.15, -0.1) is 0 Å². The first kappa shape index (κ1) is 13.5. The summed E-state index contributed by atoms with van der Waals surface area (Å²) in [4.78, 5) is 0. The molecule has 0 aromatic rings. The van der Waals surface area contributed by atoms with Gasteiger partial charge in [0.15, 0.2) is 0 Å². The van der Waals surface area contributed by atoms with E-state index in [-0.39, 0.29) is 6.04 Å². The highest BCUT2D eigenvalue weighted by molar-refractivity contribution is 5.05. The van der Waals surface area contributed by atoms with Gasteiger partial charge in [0.05, 0.1) is 19.3 Å². The first-order valence-electron chi connectivity index (χ1n) is 6.52. The molecule has 1 aliphatic rings. The van der Waals surface area contributed by atoms with Crippen LogP contribution in [-0.2, 0) is 9.47 Å². The molecule has 1 unspecified atom stereocenters. The van der Waals surface area contributed by atoms with Crippen LogP contribution in [0.4, 0.5) is 0 Å². The van der Waals surface area contributed by atoms with Crippen LogP contribution in [0.1, 0.15) is 39.5 Å². The van der Waals surface area contributed by atoms with E-state index in [1.807, 2.05) is 0 Å². The molecule has 1 rings (SSSR count). The molecule has 94 valence electrons. The summed E-state index contributed by atoms with van der Waals surface area (Å²) in [5.74, 6) is 1.08. The Hall–Kier alpha value is -0.540. The Balaban J connectivity index is 2.38. The van der Waals surface area contributed by atoms with E-state index in [9.17, 15) is 0 Å². The maximum absolute atomic E-state index is 5.69. The fourth-order valence-electron chi connectivity index (χ4n) is 1.73. The summed E-state index contributed by atoms with van der Waals surface area (Å²) < 4.78 is 11.3. The molecule has 0 bridgehead atoms. The Kier molecular flexibility index (Phi) is 7.26. The van der Waals surface area contributed by atoms with Crippen LogP contribution >= 0.6 is 0 Å². The molecule has 0 amide bonds. The van der Waals surface area contributed by atoms with Gasteiger partial charge in [-0.05, 0) is 38.3 Å². The standard InChI is InChI=1S/C13H25NO2/c1-3-8-14-12(11-15-9-4-2)13-7-5-6-10-16-13/h7,12,14H,3-6,8-11H2,1-2H3. The lowest BCUT2D eigenvalue weighted by Crippen LogP contribution is -2.37. The van der Waals surface area contributed by atoms with Gasteiger partial charge in [-0.25, -0.2) is 0 Å². The summed E-state index contributed by atoms with van der Waals surface area (Å²) in [6.07, 6.45) is 6.68. The van der Waals surface area contributed by atoms with Crippen LogP contribution in [0.3, 0.4) is 0 Å². The highest BCUT2D eigenvalue weighted by Gasteiger charge is 2.17. The average molecular weight is 227 g/mol. The van der Waals surface area contributed by atoms with Crippen molar-refractivity contribution in [3.8, 4) is 0 Å². The summed E-state index contributed by atoms with van der Waals surface area (Å²) in [6, 6.07) is 0.242. The molecular weight excluding hydrogens is 202 g/mol. The van der Waals surface area contributed by atoms with Crippen molar-refractivity contribution in [2.75, 3.05) is 26.4 Å². The zero-order valence-electron chi connectivity index (χ0n) is 10.6. The van der Waals surface area contributed by atoms with Crippen molar-refractivity contribution < 1.29 is 9.47 Å². The number of rotatable bonds is 8. The molecule has 0 radical (unpaired) electrons. The summed E-state index contributed by atoms with van der Waals surface area (Å²) in [7, 11) is 0. The first-order valence-corrected chi connectivity index (χ1v) is 6.52. The Morgan fingerprint density at radius 2 is 2.31 bits per heavy atom. The fraction of sp³-hybridized carbons (Fsp3) is 0.846. The second kappa shape index (κ2) is 8.59. The molecule has 3 nitrogen and oxygen atoms in total. The van der Waals surface area contributed by atoms with Crippen LogP contribution in [0, 0.1) is 0 Å². The van der Waals surface area contributed by atoms with Gasteiger partial charge in [-0.3, -0.25) is 0 Å². The lowest BCUT2D eigenvalue weighted by molar-refractivity contribution is 0.0883. The van der Waals surface area contributed by atoms with E-state index in [1.54, 1.807) is 0 Å². The number of hydrogen-bond acceptors (Lipinski definition) is 3. The lowest BCUT2D eigenvalue weighted by Gasteiger charge is -2.24. The van der Waals surface area contributed by atoms with Crippen LogP contribution in [0.25, 0.3) is 0 Å². The number of hydrogen-bond donors (Lipinski definition) is 1. The molecular formula is C13H25NO2. The Bertz CT molecular complexity index is 204. The van der Waals surface area contributed by atoms with Gasteiger partial charge in [-0.1, -0.05) is 13.8 Å². The molecule has 3 heteroatoms. The highest BCUT2D eigenvalue weighted by Crippen LogP contribution is 2.14. The van der Waals surface area contributed by atoms with Crippen LogP contribution in [0.5, 0.6) is 0 Å². The van der Waals surface area contributed by atoms with E-state index in [0.29, 0.717) is 0 Å². The number of allylic oxidation sites excluding steroid dienone is 1. The Morgan fingerprint density at radius 3 is 2.94 bits per heavy atom. The van der Waals surface area contributed by atoms with Crippen LogP contribution in [0.15, 0.2) is 11.8 Å². The maximum Gasteiger partial charge on any atom is 0.111 e. The molecule has 1 N–H and O–H groups in total. The topological polar surface area (TPSA) is 30.5 Å². The molecule has 1 heterocycles. The summed E-state index contributed by atoms with van der Waals surface area (Å²) >= 11 is 0. The second-order valence-corrected chi connectivity index (χ2v) is 4.18. The molecule has 0 saturated heterocycles. The molecule has 0 aromatic heterocycles. The Labute approximate surface area is 99.2 Å². The summed E-state index contributed by atoms with van der Waals surface area (Å²) in [5.41, 5.74) is 0. The summed E-state index contributed by atoms with van der Waals surface area (Å²) in [5, 5.41) is 3.48. The molecule has 0 saturated carbocycles. The van der Waals surface area contributed by atoms with Crippen molar-refractivity contribution in [1.29, 1.82) is 0 Å². The minimum Gasteiger partial charge on any atom is -0.497 e. The van der Waals surface area contributed by atoms with Gasteiger partial charge in [0.25, 0.3) is 0 Å². The molecule has 1 aliphatic heterocycles. The third-order valence-corrected chi connectivity index (χ3v) is 2.58. The van der Waals surface area contributed by atoms with Gasteiger partial charge >= 0.3 is 0 Å². The van der Waals surface area contributed by atoms with Crippen molar-refractivity contribution in [3.05, 3.63) is 11.8 Å². The van der Waals surface area contributed by atoms with E-state index < -0.39 is 0 Å². The zero-order chi connectivity index (χ0) is 11.6. The smallest absolute Gasteiger partial charge is 0.111 e. The monoisotopic (exact) mass is 227 g/mol. The van der Waals surface area contributed by atoms with Crippen molar-refractivity contribution in [2.45, 2.75) is 45.6 Å². The normalized spacial score (nSPS) is 17.8. The highest BCUT2D eigenvalue weighted by atomic mass is 16.5. The minimum absolute atomic E-state index is 0.242. The third kappa shape index (κ3) is 4.99. The van der Waals surface area contributed by atoms with Crippen molar-refractivity contribution in [1.82, 2.24) is 5.32 Å². The van der Waals surface area contributed by atoms with Crippen molar-refractivity contribution in [3.63, 3.8) is 0 Å². The van der Waals surface area contributed by atoms with E-state index in [2.05, 4.69) is 25.2 Å². The second-order valence-electron chi connectivity index (χ2n) is 4.18. The Morgan fingerprint density at radius 1 is 1.44 bits per heavy atom. The van der Waals surface area contributed by atoms with Crippen molar-refractivity contribution in [2.24, 2.45) is 0 Å². The summed E-state index contributed by atoms with van der Waals surface area (Å²) in [6.45, 7) is 7.72. The third-order valence-electron chi connectivity index (χ3n) is 2.58. The van der Waals surface area contributed by atoms with E-state index in [0.717, 1.165) is 57.8 Å². The van der Waals surface area contributed by atoms with Crippen LogP contribution in [0.2, 0.25) is 0 Å². The molecule has 0 aliphatic carbocycles. The largest absolute Gasteiger partial charge is 0.497 e. The van der Waals surface area contributed by atoms with Gasteiger partial charge in [0.1, 0.15) is 5.76 Å². The predicted octanol–water partition coefficient (Wildman–Crippen LogP) is 2.48. The first-order chi connectivity index (χ1) is 7.88. The number of nitrogens with one attached hydrogen (secondary N) is 1. The molecule has 0 fully saturated rings. The SMILES string of the molecule is CCCNC(COCCC)C1=CCCCO1. The van der Waals surface area contributed by atoms with Gasteiger partial charge in [0, 0.05) is 6.61 Å². The predicted molar refractivity (Wildman–Crippen MR) is 66.5 cm³/mol.